The van der Waals surface area contributed by atoms with Gasteiger partial charge in [-0.2, -0.15) is 0 Å². The van der Waals surface area contributed by atoms with Crippen LogP contribution in [0.1, 0.15) is 26.3 Å². The van der Waals surface area contributed by atoms with Gasteiger partial charge in [-0.15, -0.1) is 0 Å². The normalized spacial score (nSPS) is 13.7. The minimum Gasteiger partial charge on any atom is -0.495 e. The second kappa shape index (κ2) is 4.54. The van der Waals surface area contributed by atoms with Crippen LogP contribution in [0.4, 0.5) is 0 Å². The van der Waals surface area contributed by atoms with Gasteiger partial charge in [-0.1, -0.05) is 32.9 Å². The van der Waals surface area contributed by atoms with Crippen LogP contribution in [-0.2, 0) is 15.4 Å². The Morgan fingerprint density at radius 2 is 1.93 bits per heavy atom. The fraction of sp³-hybridized carbons (Fsp3) is 0.455. The molecule has 0 radical (unpaired) electrons. The van der Waals surface area contributed by atoms with E-state index >= 15 is 0 Å². The first-order valence-corrected chi connectivity index (χ1v) is 6.61. The molecule has 84 valence electrons. The molecule has 0 bridgehead atoms. The lowest BCUT2D eigenvalue weighted by molar-refractivity contribution is 0.387. The highest BCUT2D eigenvalue weighted by Crippen LogP contribution is 2.35. The van der Waals surface area contributed by atoms with E-state index in [1.54, 1.807) is 13.2 Å². The fourth-order valence-electron chi connectivity index (χ4n) is 1.44. The monoisotopic (exact) mass is 246 g/mol. The number of benzene rings is 1. The van der Waals surface area contributed by atoms with E-state index in [1.807, 2.05) is 12.1 Å². The minimum atomic E-state index is -1.54. The third-order valence-corrected chi connectivity index (χ3v) is 3.33. The quantitative estimate of drug-likeness (QED) is 0.749. The number of rotatable bonds is 2. The molecule has 0 spiro atoms. The van der Waals surface area contributed by atoms with Gasteiger partial charge < -0.3 is 4.74 Å². The summed E-state index contributed by atoms with van der Waals surface area (Å²) < 4.78 is 16.6. The zero-order chi connectivity index (χ0) is 11.6. The van der Waals surface area contributed by atoms with Gasteiger partial charge in [0, 0.05) is 5.56 Å². The number of hydrogen-bond acceptors (Lipinski definition) is 2. The first-order valence-electron chi connectivity index (χ1n) is 4.63. The Bertz CT molecular complexity index is 383. The van der Waals surface area contributed by atoms with Crippen molar-refractivity contribution in [3.05, 3.63) is 23.8 Å². The second-order valence-electron chi connectivity index (χ2n) is 4.31. The van der Waals surface area contributed by atoms with E-state index in [0.717, 1.165) is 5.56 Å². The summed E-state index contributed by atoms with van der Waals surface area (Å²) in [6.45, 7) is 6.23. The molecule has 1 unspecified atom stereocenters. The summed E-state index contributed by atoms with van der Waals surface area (Å²) in [4.78, 5) is 0.534. The molecule has 1 atom stereocenters. The number of halogens is 1. The molecule has 1 aromatic carbocycles. The Balaban J connectivity index is 3.42. The molecule has 0 heterocycles. The fourth-order valence-corrected chi connectivity index (χ4v) is 2.33. The first-order chi connectivity index (χ1) is 6.88. The van der Waals surface area contributed by atoms with Gasteiger partial charge in [-0.25, -0.2) is 4.21 Å². The highest BCUT2D eigenvalue weighted by Gasteiger charge is 2.22. The van der Waals surface area contributed by atoms with Crippen molar-refractivity contribution in [1.82, 2.24) is 0 Å². The molecule has 0 aliphatic rings. The molecule has 1 aromatic rings. The van der Waals surface area contributed by atoms with E-state index in [9.17, 15) is 4.21 Å². The van der Waals surface area contributed by atoms with Crippen LogP contribution >= 0.6 is 10.7 Å². The van der Waals surface area contributed by atoms with E-state index in [-0.39, 0.29) is 5.41 Å². The van der Waals surface area contributed by atoms with Crippen LogP contribution < -0.4 is 4.74 Å². The SMILES string of the molecule is COc1c(S(=O)Cl)cccc1C(C)(C)C. The first kappa shape index (κ1) is 12.5. The number of para-hydroxylation sites is 1. The zero-order valence-corrected chi connectivity index (χ0v) is 10.9. The largest absolute Gasteiger partial charge is 0.495 e. The molecule has 0 aromatic heterocycles. The van der Waals surface area contributed by atoms with Gasteiger partial charge in [0.15, 0.2) is 10.0 Å². The van der Waals surface area contributed by atoms with Crippen molar-refractivity contribution in [3.8, 4) is 5.75 Å². The summed E-state index contributed by atoms with van der Waals surface area (Å²) in [7, 11) is 5.63. The van der Waals surface area contributed by atoms with Gasteiger partial charge >= 0.3 is 0 Å². The third kappa shape index (κ3) is 2.73. The summed E-state index contributed by atoms with van der Waals surface area (Å²) in [5, 5.41) is 0. The summed E-state index contributed by atoms with van der Waals surface area (Å²) in [6.07, 6.45) is 0. The van der Waals surface area contributed by atoms with Crippen molar-refractivity contribution in [2.45, 2.75) is 31.1 Å². The zero-order valence-electron chi connectivity index (χ0n) is 9.33. The summed E-state index contributed by atoms with van der Waals surface area (Å²) in [6, 6.07) is 5.53. The molecule has 2 nitrogen and oxygen atoms in total. The molecular weight excluding hydrogens is 232 g/mol. The van der Waals surface area contributed by atoms with Crippen LogP contribution in [0.3, 0.4) is 0 Å². The minimum absolute atomic E-state index is 0.0579. The van der Waals surface area contributed by atoms with Crippen LogP contribution in [0.5, 0.6) is 5.75 Å². The van der Waals surface area contributed by atoms with Crippen molar-refractivity contribution >= 4 is 20.7 Å². The molecule has 0 amide bonds. The van der Waals surface area contributed by atoms with Crippen molar-refractivity contribution in [1.29, 1.82) is 0 Å². The predicted octanol–water partition coefficient (Wildman–Crippen LogP) is 3.25. The van der Waals surface area contributed by atoms with Crippen molar-refractivity contribution in [3.63, 3.8) is 0 Å². The molecule has 0 saturated heterocycles. The smallest absolute Gasteiger partial charge is 0.151 e. The Morgan fingerprint density at radius 1 is 1.33 bits per heavy atom. The lowest BCUT2D eigenvalue weighted by atomic mass is 9.86. The van der Waals surface area contributed by atoms with Gasteiger partial charge in [0.25, 0.3) is 0 Å². The Morgan fingerprint density at radius 3 is 2.33 bits per heavy atom. The molecular formula is C11H15ClO2S. The highest BCUT2D eigenvalue weighted by atomic mass is 35.7. The molecule has 1 rings (SSSR count). The van der Waals surface area contributed by atoms with Crippen LogP contribution in [-0.4, -0.2) is 11.3 Å². The molecule has 4 heteroatoms. The maximum Gasteiger partial charge on any atom is 0.151 e. The Hall–Kier alpha value is -0.540. The Labute approximate surface area is 97.6 Å². The van der Waals surface area contributed by atoms with Gasteiger partial charge in [0.05, 0.1) is 12.0 Å². The van der Waals surface area contributed by atoms with Crippen LogP contribution in [0.15, 0.2) is 23.1 Å². The van der Waals surface area contributed by atoms with E-state index in [0.29, 0.717) is 10.6 Å². The molecule has 0 aliphatic carbocycles. The van der Waals surface area contributed by atoms with Crippen LogP contribution in [0.2, 0.25) is 0 Å². The van der Waals surface area contributed by atoms with Crippen molar-refractivity contribution in [2.75, 3.05) is 7.11 Å². The van der Waals surface area contributed by atoms with E-state index < -0.39 is 10.0 Å². The molecule has 0 fully saturated rings. The van der Waals surface area contributed by atoms with Gasteiger partial charge in [0.1, 0.15) is 5.75 Å². The maximum atomic E-state index is 11.3. The van der Waals surface area contributed by atoms with Gasteiger partial charge in [-0.05, 0) is 22.2 Å². The summed E-state index contributed by atoms with van der Waals surface area (Å²) in [5.41, 5.74) is 0.953. The summed E-state index contributed by atoms with van der Waals surface area (Å²) in [5.74, 6) is 0.623. The average Bonchev–Trinajstić information content (AvgIpc) is 2.15. The second-order valence-corrected chi connectivity index (χ2v) is 6.04. The number of hydrogen-bond donors (Lipinski definition) is 0. The van der Waals surface area contributed by atoms with Crippen molar-refractivity contribution < 1.29 is 8.95 Å². The van der Waals surface area contributed by atoms with E-state index in [1.165, 1.54) is 0 Å². The van der Waals surface area contributed by atoms with E-state index in [2.05, 4.69) is 20.8 Å². The number of methoxy groups -OCH3 is 1. The van der Waals surface area contributed by atoms with Gasteiger partial charge in [0.2, 0.25) is 0 Å². The highest BCUT2D eigenvalue weighted by molar-refractivity contribution is 8.08. The van der Waals surface area contributed by atoms with Crippen LogP contribution in [0, 0.1) is 0 Å². The standard InChI is InChI=1S/C11H15ClO2S/c1-11(2,3)8-6-5-7-9(15(12)13)10(8)14-4/h5-7H,1-4H3. The van der Waals surface area contributed by atoms with E-state index in [4.69, 9.17) is 15.4 Å². The molecule has 0 N–H and O–H groups in total. The van der Waals surface area contributed by atoms with Gasteiger partial charge in [-0.3, -0.25) is 0 Å². The molecule has 0 aliphatic heterocycles. The summed E-state index contributed by atoms with van der Waals surface area (Å²) >= 11 is 0. The third-order valence-electron chi connectivity index (χ3n) is 2.16. The number of ether oxygens (including phenoxy) is 1. The van der Waals surface area contributed by atoms with Crippen LogP contribution in [0.25, 0.3) is 0 Å². The molecule has 15 heavy (non-hydrogen) atoms. The molecule has 0 saturated carbocycles. The maximum absolute atomic E-state index is 11.3. The predicted molar refractivity (Wildman–Crippen MR) is 64.0 cm³/mol. The lowest BCUT2D eigenvalue weighted by Gasteiger charge is -2.22. The average molecular weight is 247 g/mol. The topological polar surface area (TPSA) is 26.3 Å². The Kier molecular flexibility index (Phi) is 3.79. The lowest BCUT2D eigenvalue weighted by Crippen LogP contribution is -2.13. The van der Waals surface area contributed by atoms with Crippen molar-refractivity contribution in [2.24, 2.45) is 0 Å².